The highest BCUT2D eigenvalue weighted by Gasteiger charge is 2.18. The van der Waals surface area contributed by atoms with Gasteiger partial charge < -0.3 is 9.84 Å². The highest BCUT2D eigenvalue weighted by atomic mass is 79.9. The van der Waals surface area contributed by atoms with Crippen LogP contribution in [0.5, 0.6) is 5.75 Å². The van der Waals surface area contributed by atoms with Gasteiger partial charge in [-0.05, 0) is 39.5 Å². The minimum atomic E-state index is -0.757. The average Bonchev–Trinajstić information content (AvgIpc) is 2.65. The zero-order valence-corrected chi connectivity index (χ0v) is 10.6. The Hall–Kier alpha value is -1.03. The Bertz CT molecular complexity index is 429. The first kappa shape index (κ1) is 11.5. The van der Waals surface area contributed by atoms with Gasteiger partial charge in [-0.25, -0.2) is 0 Å². The summed E-state index contributed by atoms with van der Waals surface area (Å²) in [6, 6.07) is 4.00. The van der Waals surface area contributed by atoms with Crippen LogP contribution in [-0.2, 0) is 17.6 Å². The smallest absolute Gasteiger partial charge is 0.306 e. The lowest BCUT2D eigenvalue weighted by Gasteiger charge is -2.09. The van der Waals surface area contributed by atoms with Gasteiger partial charge >= 0.3 is 5.97 Å². The molecule has 0 radical (unpaired) electrons. The van der Waals surface area contributed by atoms with E-state index in [1.54, 1.807) is 6.92 Å². The number of hydrogen-bond acceptors (Lipinski definition) is 2. The third kappa shape index (κ3) is 2.21. The molecule has 86 valence electrons. The summed E-state index contributed by atoms with van der Waals surface area (Å²) in [5, 5.41) is 8.87. The Morgan fingerprint density at radius 1 is 1.62 bits per heavy atom. The van der Waals surface area contributed by atoms with Gasteiger partial charge in [0, 0.05) is 6.42 Å². The number of rotatable bonds is 3. The molecule has 0 amide bonds. The van der Waals surface area contributed by atoms with Crippen molar-refractivity contribution >= 4 is 21.9 Å². The third-order valence-electron chi connectivity index (χ3n) is 2.76. The molecular formula is C12H13BrO3. The summed E-state index contributed by atoms with van der Waals surface area (Å²) in [7, 11) is 0. The molecule has 1 heterocycles. The Labute approximate surface area is 103 Å². The van der Waals surface area contributed by atoms with Crippen molar-refractivity contribution in [2.75, 3.05) is 6.61 Å². The van der Waals surface area contributed by atoms with Gasteiger partial charge in [-0.15, -0.1) is 0 Å². The molecule has 1 unspecified atom stereocenters. The van der Waals surface area contributed by atoms with Crippen molar-refractivity contribution in [1.29, 1.82) is 0 Å². The number of halogens is 1. The second-order valence-corrected chi connectivity index (χ2v) is 4.96. The molecule has 0 saturated carbocycles. The molecule has 0 fully saturated rings. The summed E-state index contributed by atoms with van der Waals surface area (Å²) in [5.41, 5.74) is 2.22. The lowest BCUT2D eigenvalue weighted by Crippen LogP contribution is -2.12. The van der Waals surface area contributed by atoms with Gasteiger partial charge in [-0.2, -0.15) is 0 Å². The minimum Gasteiger partial charge on any atom is -0.492 e. The third-order valence-corrected chi connectivity index (χ3v) is 3.35. The van der Waals surface area contributed by atoms with E-state index < -0.39 is 5.97 Å². The molecule has 0 aliphatic carbocycles. The lowest BCUT2D eigenvalue weighted by molar-refractivity contribution is -0.141. The summed E-state index contributed by atoms with van der Waals surface area (Å²) in [4.78, 5) is 10.8. The van der Waals surface area contributed by atoms with Crippen LogP contribution in [0.25, 0.3) is 0 Å². The maximum absolute atomic E-state index is 10.8. The quantitative estimate of drug-likeness (QED) is 0.928. The number of hydrogen-bond donors (Lipinski definition) is 1. The molecule has 16 heavy (non-hydrogen) atoms. The van der Waals surface area contributed by atoms with Gasteiger partial charge in [0.15, 0.2) is 0 Å². The molecule has 1 N–H and O–H groups in total. The Balaban J connectivity index is 2.23. The van der Waals surface area contributed by atoms with E-state index in [0.29, 0.717) is 13.0 Å². The molecule has 2 rings (SSSR count). The van der Waals surface area contributed by atoms with Crippen LogP contribution in [0.1, 0.15) is 18.1 Å². The van der Waals surface area contributed by atoms with E-state index >= 15 is 0 Å². The molecule has 0 bridgehead atoms. The first-order valence-corrected chi connectivity index (χ1v) is 6.04. The predicted molar refractivity (Wildman–Crippen MR) is 63.8 cm³/mol. The van der Waals surface area contributed by atoms with Crippen molar-refractivity contribution in [2.24, 2.45) is 5.92 Å². The highest BCUT2D eigenvalue weighted by molar-refractivity contribution is 9.10. The number of aliphatic carboxylic acids is 1. The van der Waals surface area contributed by atoms with Gasteiger partial charge in [0.1, 0.15) is 5.75 Å². The number of carbonyl (C=O) groups is 1. The molecule has 0 spiro atoms. The van der Waals surface area contributed by atoms with Gasteiger partial charge in [-0.3, -0.25) is 4.79 Å². The number of fused-ring (bicyclic) bond motifs is 1. The fourth-order valence-electron chi connectivity index (χ4n) is 1.88. The van der Waals surface area contributed by atoms with Gasteiger partial charge in [-0.1, -0.05) is 13.0 Å². The molecule has 1 atom stereocenters. The van der Waals surface area contributed by atoms with Crippen LogP contribution < -0.4 is 4.74 Å². The van der Waals surface area contributed by atoms with E-state index in [0.717, 1.165) is 22.2 Å². The first-order chi connectivity index (χ1) is 7.58. The van der Waals surface area contributed by atoms with Crippen LogP contribution in [0, 0.1) is 5.92 Å². The summed E-state index contributed by atoms with van der Waals surface area (Å²) in [6.45, 7) is 2.44. The monoisotopic (exact) mass is 284 g/mol. The van der Waals surface area contributed by atoms with Crippen LogP contribution in [0.4, 0.5) is 0 Å². The van der Waals surface area contributed by atoms with Crippen molar-refractivity contribution in [3.8, 4) is 5.75 Å². The lowest BCUT2D eigenvalue weighted by atomic mass is 9.99. The fourth-order valence-corrected chi connectivity index (χ4v) is 2.54. The van der Waals surface area contributed by atoms with E-state index in [1.807, 2.05) is 12.1 Å². The van der Waals surface area contributed by atoms with Crippen molar-refractivity contribution < 1.29 is 14.6 Å². The van der Waals surface area contributed by atoms with E-state index in [1.165, 1.54) is 5.56 Å². The highest BCUT2D eigenvalue weighted by Crippen LogP contribution is 2.35. The van der Waals surface area contributed by atoms with Crippen molar-refractivity contribution in [3.63, 3.8) is 0 Å². The second kappa shape index (κ2) is 4.45. The maximum Gasteiger partial charge on any atom is 0.306 e. The number of carboxylic acids is 1. The van der Waals surface area contributed by atoms with Crippen molar-refractivity contribution in [1.82, 2.24) is 0 Å². The van der Waals surface area contributed by atoms with Crippen LogP contribution in [0.2, 0.25) is 0 Å². The SMILES string of the molecule is CC(Cc1cc(Br)c2c(c1)CCO2)C(=O)O. The van der Waals surface area contributed by atoms with Gasteiger partial charge in [0.25, 0.3) is 0 Å². The molecule has 4 heteroatoms. The topological polar surface area (TPSA) is 46.5 Å². The zero-order chi connectivity index (χ0) is 11.7. The number of carboxylic acid groups (broad SMARTS) is 1. The molecule has 1 aromatic rings. The molecule has 1 aliphatic heterocycles. The van der Waals surface area contributed by atoms with Crippen LogP contribution in [-0.4, -0.2) is 17.7 Å². The second-order valence-electron chi connectivity index (χ2n) is 4.11. The van der Waals surface area contributed by atoms with Crippen molar-refractivity contribution in [3.05, 3.63) is 27.7 Å². The van der Waals surface area contributed by atoms with E-state index in [2.05, 4.69) is 15.9 Å². The largest absolute Gasteiger partial charge is 0.492 e. The maximum atomic E-state index is 10.8. The molecule has 1 aliphatic rings. The van der Waals surface area contributed by atoms with Crippen LogP contribution in [0.3, 0.4) is 0 Å². The Kier molecular flexibility index (Phi) is 3.19. The van der Waals surface area contributed by atoms with Crippen LogP contribution in [0.15, 0.2) is 16.6 Å². The summed E-state index contributed by atoms with van der Waals surface area (Å²) >= 11 is 3.45. The first-order valence-electron chi connectivity index (χ1n) is 5.25. The average molecular weight is 285 g/mol. The number of benzene rings is 1. The zero-order valence-electron chi connectivity index (χ0n) is 9.00. The molecule has 0 aromatic heterocycles. The minimum absolute atomic E-state index is 0.354. The summed E-state index contributed by atoms with van der Waals surface area (Å²) in [5.74, 6) is -0.202. The molecule has 0 saturated heterocycles. The van der Waals surface area contributed by atoms with Crippen LogP contribution >= 0.6 is 15.9 Å². The van der Waals surface area contributed by atoms with E-state index in [9.17, 15) is 4.79 Å². The molecular weight excluding hydrogens is 272 g/mol. The summed E-state index contributed by atoms with van der Waals surface area (Å²) < 4.78 is 6.40. The molecule has 1 aromatic carbocycles. The Morgan fingerprint density at radius 2 is 2.38 bits per heavy atom. The number of ether oxygens (including phenoxy) is 1. The predicted octanol–water partition coefficient (Wildman–Crippen LogP) is 2.65. The van der Waals surface area contributed by atoms with E-state index in [4.69, 9.17) is 9.84 Å². The van der Waals surface area contributed by atoms with Gasteiger partial charge in [0.05, 0.1) is 17.0 Å². The standard InChI is InChI=1S/C12H13BrO3/c1-7(12(14)15)4-8-5-9-2-3-16-11(9)10(13)6-8/h5-7H,2-4H2,1H3,(H,14,15). The fraction of sp³-hybridized carbons (Fsp3) is 0.417. The normalized spacial score (nSPS) is 15.4. The molecule has 3 nitrogen and oxygen atoms in total. The van der Waals surface area contributed by atoms with E-state index in [-0.39, 0.29) is 5.92 Å². The van der Waals surface area contributed by atoms with Crippen molar-refractivity contribution in [2.45, 2.75) is 19.8 Å². The van der Waals surface area contributed by atoms with Gasteiger partial charge in [0.2, 0.25) is 0 Å². The Morgan fingerprint density at radius 3 is 3.06 bits per heavy atom. The summed E-state index contributed by atoms with van der Waals surface area (Å²) in [6.07, 6.45) is 1.46.